The Labute approximate surface area is 136 Å². The molecule has 0 aliphatic rings. The minimum absolute atomic E-state index is 0.193. The highest BCUT2D eigenvalue weighted by atomic mass is 16.1. The van der Waals surface area contributed by atoms with E-state index >= 15 is 0 Å². The number of nitrogens with zero attached hydrogens (tertiary/aromatic N) is 6. The number of fused-ring (bicyclic) bond motifs is 1. The molecule has 4 aromatic rings. The van der Waals surface area contributed by atoms with E-state index in [1.165, 1.54) is 0 Å². The first-order chi connectivity index (χ1) is 11.8. The van der Waals surface area contributed by atoms with Crippen LogP contribution in [-0.2, 0) is 6.54 Å². The molecule has 0 spiro atoms. The molecule has 4 rings (SSSR count). The number of nitrogens with one attached hydrogen (secondary N) is 1. The number of pyridine rings is 1. The van der Waals surface area contributed by atoms with E-state index in [0.29, 0.717) is 11.4 Å². The number of para-hydroxylation sites is 1. The monoisotopic (exact) mass is 319 g/mol. The Hall–Kier alpha value is -3.55. The standard InChI is InChI=1S/C16H13N7O/c24-16(12-7-9-22-14(10-12)6-8-18-22)17-11-15-19-20-21-23(15)13-4-2-1-3-5-13/h1-10H,11H2,(H,17,24). The van der Waals surface area contributed by atoms with Gasteiger partial charge in [-0.15, -0.1) is 5.10 Å². The maximum absolute atomic E-state index is 12.3. The van der Waals surface area contributed by atoms with Gasteiger partial charge in [-0.05, 0) is 40.8 Å². The normalized spacial score (nSPS) is 10.8. The second-order valence-corrected chi connectivity index (χ2v) is 5.14. The van der Waals surface area contributed by atoms with Gasteiger partial charge in [0.15, 0.2) is 5.82 Å². The first kappa shape index (κ1) is 14.1. The summed E-state index contributed by atoms with van der Waals surface area (Å²) in [6.07, 6.45) is 3.43. The largest absolute Gasteiger partial charge is 0.345 e. The molecule has 118 valence electrons. The molecule has 1 N–H and O–H groups in total. The van der Waals surface area contributed by atoms with Gasteiger partial charge in [-0.2, -0.15) is 9.78 Å². The Morgan fingerprint density at radius 2 is 2.00 bits per heavy atom. The molecule has 24 heavy (non-hydrogen) atoms. The van der Waals surface area contributed by atoms with Crippen LogP contribution in [-0.4, -0.2) is 35.7 Å². The average Bonchev–Trinajstić information content (AvgIpc) is 3.28. The van der Waals surface area contributed by atoms with E-state index in [2.05, 4.69) is 25.9 Å². The van der Waals surface area contributed by atoms with Crippen LogP contribution in [0.2, 0.25) is 0 Å². The number of hydrogen-bond acceptors (Lipinski definition) is 5. The molecule has 8 nitrogen and oxygen atoms in total. The predicted molar refractivity (Wildman–Crippen MR) is 85.5 cm³/mol. The number of carbonyl (C=O) groups excluding carboxylic acids is 1. The maximum atomic E-state index is 12.3. The summed E-state index contributed by atoms with van der Waals surface area (Å²) in [6, 6.07) is 14.9. The van der Waals surface area contributed by atoms with Gasteiger partial charge < -0.3 is 5.32 Å². The van der Waals surface area contributed by atoms with Crippen LogP contribution in [0.5, 0.6) is 0 Å². The number of carbonyl (C=O) groups is 1. The predicted octanol–water partition coefficient (Wildman–Crippen LogP) is 1.24. The van der Waals surface area contributed by atoms with Gasteiger partial charge in [-0.1, -0.05) is 18.2 Å². The van der Waals surface area contributed by atoms with E-state index < -0.39 is 0 Å². The Bertz CT molecular complexity index is 990. The molecule has 0 atom stereocenters. The molecule has 3 aromatic heterocycles. The van der Waals surface area contributed by atoms with Crippen molar-refractivity contribution in [2.75, 3.05) is 0 Å². The lowest BCUT2D eigenvalue weighted by Crippen LogP contribution is -2.24. The van der Waals surface area contributed by atoms with Crippen molar-refractivity contribution in [2.45, 2.75) is 6.54 Å². The molecule has 1 aromatic carbocycles. The van der Waals surface area contributed by atoms with Gasteiger partial charge in [0.1, 0.15) is 0 Å². The molecule has 0 unspecified atom stereocenters. The summed E-state index contributed by atoms with van der Waals surface area (Å²) in [5.74, 6) is 0.362. The molecular formula is C16H13N7O. The van der Waals surface area contributed by atoms with E-state index in [-0.39, 0.29) is 12.5 Å². The molecule has 0 bridgehead atoms. The van der Waals surface area contributed by atoms with Crippen LogP contribution in [0.1, 0.15) is 16.2 Å². The summed E-state index contributed by atoms with van der Waals surface area (Å²) in [5.41, 5.74) is 2.26. The molecule has 8 heteroatoms. The average molecular weight is 319 g/mol. The van der Waals surface area contributed by atoms with Crippen LogP contribution in [0.3, 0.4) is 0 Å². The minimum atomic E-state index is -0.193. The highest BCUT2D eigenvalue weighted by Gasteiger charge is 2.11. The van der Waals surface area contributed by atoms with Gasteiger partial charge in [-0.25, -0.2) is 4.52 Å². The molecule has 0 saturated carbocycles. The van der Waals surface area contributed by atoms with Gasteiger partial charge in [-0.3, -0.25) is 4.79 Å². The number of benzene rings is 1. The van der Waals surface area contributed by atoms with Crippen molar-refractivity contribution in [1.29, 1.82) is 0 Å². The Morgan fingerprint density at radius 3 is 2.88 bits per heavy atom. The second kappa shape index (κ2) is 5.92. The lowest BCUT2D eigenvalue weighted by molar-refractivity contribution is 0.0949. The zero-order valence-corrected chi connectivity index (χ0v) is 12.6. The summed E-state index contributed by atoms with van der Waals surface area (Å²) in [4.78, 5) is 12.3. The fourth-order valence-electron chi connectivity index (χ4n) is 2.41. The first-order valence-corrected chi connectivity index (χ1v) is 7.35. The van der Waals surface area contributed by atoms with Crippen LogP contribution >= 0.6 is 0 Å². The number of tetrazole rings is 1. The molecule has 1 amide bonds. The Morgan fingerprint density at radius 1 is 1.12 bits per heavy atom. The van der Waals surface area contributed by atoms with Crippen molar-refractivity contribution in [2.24, 2.45) is 0 Å². The van der Waals surface area contributed by atoms with E-state index in [9.17, 15) is 4.79 Å². The van der Waals surface area contributed by atoms with Gasteiger partial charge >= 0.3 is 0 Å². The summed E-state index contributed by atoms with van der Waals surface area (Å²) in [7, 11) is 0. The fraction of sp³-hybridized carbons (Fsp3) is 0.0625. The SMILES string of the molecule is O=C(NCc1nnnn1-c1ccccc1)c1ccn2nccc2c1. The summed E-state index contributed by atoms with van der Waals surface area (Å²) >= 11 is 0. The second-order valence-electron chi connectivity index (χ2n) is 5.14. The highest BCUT2D eigenvalue weighted by Crippen LogP contribution is 2.08. The zero-order valence-electron chi connectivity index (χ0n) is 12.6. The first-order valence-electron chi connectivity index (χ1n) is 7.35. The molecule has 0 saturated heterocycles. The van der Waals surface area contributed by atoms with Gasteiger partial charge in [0, 0.05) is 18.0 Å². The van der Waals surface area contributed by atoms with Crippen molar-refractivity contribution in [3.05, 3.63) is 72.3 Å². The number of amides is 1. The van der Waals surface area contributed by atoms with Crippen LogP contribution in [0.15, 0.2) is 60.9 Å². The topological polar surface area (TPSA) is 90.0 Å². The van der Waals surface area contributed by atoms with E-state index in [1.54, 1.807) is 33.7 Å². The van der Waals surface area contributed by atoms with Crippen molar-refractivity contribution >= 4 is 11.4 Å². The maximum Gasteiger partial charge on any atom is 0.251 e. The number of hydrogen-bond donors (Lipinski definition) is 1. The van der Waals surface area contributed by atoms with E-state index in [0.717, 1.165) is 11.2 Å². The van der Waals surface area contributed by atoms with Gasteiger partial charge in [0.05, 0.1) is 17.7 Å². The molecule has 3 heterocycles. The summed E-state index contributed by atoms with van der Waals surface area (Å²) < 4.78 is 3.30. The smallest absolute Gasteiger partial charge is 0.251 e. The molecule has 0 aliphatic heterocycles. The number of rotatable bonds is 4. The number of aromatic nitrogens is 6. The Balaban J connectivity index is 1.51. The zero-order chi connectivity index (χ0) is 16.4. The Kier molecular flexibility index (Phi) is 3.47. The van der Waals surface area contributed by atoms with Gasteiger partial charge in [0.2, 0.25) is 0 Å². The minimum Gasteiger partial charge on any atom is -0.345 e. The lowest BCUT2D eigenvalue weighted by atomic mass is 10.2. The van der Waals surface area contributed by atoms with Gasteiger partial charge in [0.25, 0.3) is 5.91 Å². The van der Waals surface area contributed by atoms with Crippen molar-refractivity contribution < 1.29 is 4.79 Å². The third-order valence-corrected chi connectivity index (χ3v) is 3.60. The summed E-state index contributed by atoms with van der Waals surface area (Å²) in [6.45, 7) is 0.227. The van der Waals surface area contributed by atoms with Crippen molar-refractivity contribution in [1.82, 2.24) is 35.1 Å². The third-order valence-electron chi connectivity index (χ3n) is 3.60. The molecular weight excluding hydrogens is 306 g/mol. The molecule has 0 fully saturated rings. The van der Waals surface area contributed by atoms with Crippen LogP contribution in [0.4, 0.5) is 0 Å². The van der Waals surface area contributed by atoms with E-state index in [4.69, 9.17) is 0 Å². The quantitative estimate of drug-likeness (QED) is 0.611. The highest BCUT2D eigenvalue weighted by molar-refractivity contribution is 5.95. The van der Waals surface area contributed by atoms with Crippen LogP contribution in [0, 0.1) is 0 Å². The third kappa shape index (κ3) is 2.60. The molecule has 0 aliphatic carbocycles. The van der Waals surface area contributed by atoms with Crippen molar-refractivity contribution in [3.8, 4) is 5.69 Å². The fourth-order valence-corrected chi connectivity index (χ4v) is 2.41. The lowest BCUT2D eigenvalue weighted by Gasteiger charge is -2.06. The van der Waals surface area contributed by atoms with Crippen LogP contribution in [0.25, 0.3) is 11.2 Å². The van der Waals surface area contributed by atoms with Crippen molar-refractivity contribution in [3.63, 3.8) is 0 Å². The summed E-state index contributed by atoms with van der Waals surface area (Å²) in [5, 5.41) is 18.6. The van der Waals surface area contributed by atoms with Crippen LogP contribution < -0.4 is 5.32 Å². The van der Waals surface area contributed by atoms with E-state index in [1.807, 2.05) is 36.4 Å². The molecule has 0 radical (unpaired) electrons.